The average molecular weight is 1780 g/mol. The fourth-order valence-electron chi connectivity index (χ4n) is 13.1. The molecule has 0 aliphatic carbocycles. The lowest BCUT2D eigenvalue weighted by molar-refractivity contribution is -0.136. The third-order valence-corrected chi connectivity index (χ3v) is 24.7. The van der Waals surface area contributed by atoms with Gasteiger partial charge in [-0.2, -0.15) is 0 Å². The number of nitrogens with one attached hydrogen (secondary N) is 3. The second-order valence-electron chi connectivity index (χ2n) is 29.1. The Kier molecular flexibility index (Phi) is 35.1. The van der Waals surface area contributed by atoms with Crippen LogP contribution in [0.1, 0.15) is 78.3 Å². The molecule has 4 aliphatic rings. The number of hydrogen-bond donors (Lipinski definition) is 4. The fraction of sp³-hybridized carbons (Fsp3) is 0.242. The zero-order valence-corrected chi connectivity index (χ0v) is 74.7. The van der Waals surface area contributed by atoms with Crippen LogP contribution in [0.25, 0.3) is 11.1 Å². The summed E-state index contributed by atoms with van der Waals surface area (Å²) in [6.45, 7) is 10.0. The first-order chi connectivity index (χ1) is 58.1. The zero-order chi connectivity index (χ0) is 86.7. The predicted molar refractivity (Wildman–Crippen MR) is 497 cm³/mol. The smallest absolute Gasteiger partial charge is 0.339 e. The van der Waals surface area contributed by atoms with Crippen LogP contribution < -0.4 is 30.5 Å². The van der Waals surface area contributed by atoms with E-state index in [0.29, 0.717) is 73.8 Å². The quantitative estimate of drug-likeness (QED) is 0.0437. The highest BCUT2D eigenvalue weighted by Crippen LogP contribution is 2.48. The molecule has 3 amide bonds. The van der Waals surface area contributed by atoms with Crippen LogP contribution in [0.4, 0.5) is 44.6 Å². The Labute approximate surface area is 742 Å². The topological polar surface area (TPSA) is 220 Å². The lowest BCUT2D eigenvalue weighted by Crippen LogP contribution is -2.37. The lowest BCUT2D eigenvalue weighted by atomic mass is 9.97. The van der Waals surface area contributed by atoms with E-state index in [1.165, 1.54) is 55.5 Å². The number of aliphatic carboxylic acids is 1. The maximum Gasteiger partial charge on any atom is 0.339 e. The second-order valence-corrected chi connectivity index (χ2v) is 35.4. The van der Waals surface area contributed by atoms with Gasteiger partial charge in [0.15, 0.2) is 9.84 Å². The largest absolute Gasteiger partial charge is 0.493 e. The van der Waals surface area contributed by atoms with Crippen LogP contribution in [-0.4, -0.2) is 136 Å². The van der Waals surface area contributed by atoms with E-state index >= 15 is 0 Å². The van der Waals surface area contributed by atoms with Crippen LogP contribution in [0.3, 0.4) is 0 Å². The standard InChI is InChI=1S/C19H23ClN2.C19H20N2O3S.C17H20N2S.C17H14O4S.C14H11Cl2NO2.C9H9Cl2NO/c1-21(2)12-5-13-22-18-7-4-3-6-15(18)8-9-16-10-11-17(20)14-19(16)22;1-2-13-3-6-15(20-12-13)9-10-24-16-7-4-14(5-8-16)11-17-18(22)21-19(23)25-17;1-13(18(2)3)12-19-14-8-4-6-10-16(14)20-17-11-7-5-9-15(17)19;1-22(19,20)14-9-7-12(8-10-14)15-11-21-17(18)16(15)13-5-3-2-4-6-13;15-10-5-3-6-11(16)14(10)17-12-7-2-1-4-9(12)8-13(18)19;1-2-9(13)12-6-3-4-7(10)8(11)5-6/h3-4,6-7,10-11,14H,5,8-9,12-13H2,1-2H3;3-8,12,17H,2,9-11H2,1H3,(H,21,22,23);4-11,13H,12H2,1-3H3;2-10H,11H2,1H3;1-7,17H,8H2,(H,18,19);3-5H,2H2,1H3,(H,12,13). The molecular formula is C95H97Cl5N8O10S3. The van der Waals surface area contributed by atoms with Crippen molar-refractivity contribution in [1.29, 1.82) is 0 Å². The number of carboxylic acids is 1. The van der Waals surface area contributed by atoms with Crippen LogP contribution in [0, 0.1) is 0 Å². The SMILES string of the molecule is CC(CN1c2ccccc2Sc2ccccc21)N(C)C.CCC(=O)Nc1ccc(Cl)c(Cl)c1.CCc1ccc(CCOc2ccc(CC3SC(=O)NC3=O)cc2)nc1.CN(C)CCCN1c2ccccc2CCc2ccc(Cl)cc21.CS(=O)(=O)c1ccc(C2=C(c3ccccc3)C(=O)OC2)cc1.O=C(O)Cc1ccccc1Nc1c(Cl)cccc1Cl. The van der Waals surface area contributed by atoms with Crippen LogP contribution in [-0.2, 0) is 72.3 Å². The van der Waals surface area contributed by atoms with Crippen LogP contribution in [0.2, 0.25) is 25.1 Å². The number of imide groups is 1. The minimum absolute atomic E-state index is 0.0432. The fourth-order valence-corrected chi connectivity index (χ4v) is 16.6. The maximum atomic E-state index is 12.0. The first kappa shape index (κ1) is 93.1. The van der Waals surface area contributed by atoms with E-state index in [-0.39, 0.29) is 46.2 Å². The van der Waals surface area contributed by atoms with Crippen LogP contribution in [0.15, 0.2) is 264 Å². The van der Waals surface area contributed by atoms with Gasteiger partial charge >= 0.3 is 11.9 Å². The van der Waals surface area contributed by atoms with E-state index in [2.05, 4.69) is 174 Å². The molecule has 26 heteroatoms. The molecular weight excluding hydrogens is 1690 g/mol. The van der Waals surface area contributed by atoms with Crippen molar-refractivity contribution < 1.29 is 47.0 Å². The van der Waals surface area contributed by atoms with Crippen LogP contribution >= 0.6 is 81.5 Å². The van der Waals surface area contributed by atoms with Gasteiger partial charge in [0.2, 0.25) is 11.8 Å². The molecule has 0 radical (unpaired) electrons. The Bertz CT molecular complexity index is 5470. The average Bonchev–Trinajstić information content (AvgIpc) is 1.45. The molecule has 2 atom stereocenters. The van der Waals surface area contributed by atoms with Crippen LogP contribution in [0.5, 0.6) is 5.75 Å². The van der Waals surface area contributed by atoms with Crippen molar-refractivity contribution in [3.05, 3.63) is 319 Å². The predicted octanol–water partition coefficient (Wildman–Crippen LogP) is 22.2. The summed E-state index contributed by atoms with van der Waals surface area (Å²) in [5.74, 6) is -0.711. The molecule has 0 spiro atoms. The van der Waals surface area contributed by atoms with Gasteiger partial charge in [-0.25, -0.2) is 13.2 Å². The number of rotatable bonds is 23. The van der Waals surface area contributed by atoms with Gasteiger partial charge in [-0.3, -0.25) is 29.5 Å². The molecule has 11 aromatic rings. The number of para-hydroxylation sites is 5. The summed E-state index contributed by atoms with van der Waals surface area (Å²) in [5, 5.41) is 19.1. The summed E-state index contributed by atoms with van der Waals surface area (Å²) in [5.41, 5.74) is 16.8. The Morgan fingerprint density at radius 2 is 1.29 bits per heavy atom. The van der Waals surface area contributed by atoms with Gasteiger partial charge in [-0.1, -0.05) is 229 Å². The van der Waals surface area contributed by atoms with Gasteiger partial charge in [-0.05, 0) is 222 Å². The highest BCUT2D eigenvalue weighted by atomic mass is 35.5. The van der Waals surface area contributed by atoms with E-state index in [9.17, 15) is 32.4 Å². The third kappa shape index (κ3) is 27.4. The number of carbonyl (C=O) groups excluding carboxylic acids is 4. The zero-order valence-electron chi connectivity index (χ0n) is 68.5. The second kappa shape index (κ2) is 45.7. The highest BCUT2D eigenvalue weighted by Gasteiger charge is 2.32. The van der Waals surface area contributed by atoms with Crippen molar-refractivity contribution in [2.45, 2.75) is 98.1 Å². The highest BCUT2D eigenvalue weighted by molar-refractivity contribution is 8.15. The number of ether oxygens (including phenoxy) is 2. The molecule has 4 aliphatic heterocycles. The van der Waals surface area contributed by atoms with E-state index in [4.69, 9.17) is 72.6 Å². The molecule has 18 nitrogen and oxygen atoms in total. The molecule has 15 rings (SSSR count). The number of esters is 1. The summed E-state index contributed by atoms with van der Waals surface area (Å²) in [6, 6.07) is 77.8. The molecule has 630 valence electrons. The van der Waals surface area contributed by atoms with Crippen molar-refractivity contribution in [2.24, 2.45) is 0 Å². The van der Waals surface area contributed by atoms with Crippen molar-refractivity contribution in [3.8, 4) is 5.75 Å². The molecule has 0 bridgehead atoms. The van der Waals surface area contributed by atoms with Gasteiger partial charge < -0.3 is 44.8 Å². The summed E-state index contributed by atoms with van der Waals surface area (Å²) < 4.78 is 33.9. The van der Waals surface area contributed by atoms with Gasteiger partial charge in [0, 0.05) is 93.3 Å². The number of benzene rings is 10. The summed E-state index contributed by atoms with van der Waals surface area (Å²) in [6.07, 6.45) is 9.04. The first-order valence-corrected chi connectivity index (χ1v) is 44.9. The first-order valence-electron chi connectivity index (χ1n) is 39.4. The van der Waals surface area contributed by atoms with E-state index in [1.807, 2.05) is 90.8 Å². The molecule has 1 fully saturated rings. The van der Waals surface area contributed by atoms with Crippen molar-refractivity contribution in [1.82, 2.24) is 20.1 Å². The van der Waals surface area contributed by atoms with E-state index in [1.54, 1.807) is 85.8 Å². The molecule has 1 aromatic heterocycles. The minimum Gasteiger partial charge on any atom is -0.493 e. The Hall–Kier alpha value is -10.1. The monoisotopic (exact) mass is 1780 g/mol. The number of sulfone groups is 1. The number of fused-ring (bicyclic) bond motifs is 4. The maximum absolute atomic E-state index is 12.0. The normalized spacial score (nSPS) is 13.8. The Morgan fingerprint density at radius 1 is 0.661 bits per heavy atom. The number of aryl methyl sites for hydroxylation is 3. The third-order valence-electron chi connectivity index (χ3n) is 19.8. The number of pyridine rings is 1. The number of amides is 3. The van der Waals surface area contributed by atoms with Crippen molar-refractivity contribution in [3.63, 3.8) is 0 Å². The van der Waals surface area contributed by atoms with Gasteiger partial charge in [0.05, 0.1) is 65.9 Å². The molecule has 1 saturated heterocycles. The molecule has 4 N–H and O–H groups in total. The van der Waals surface area contributed by atoms with Crippen molar-refractivity contribution >= 4 is 171 Å². The molecule has 121 heavy (non-hydrogen) atoms. The van der Waals surface area contributed by atoms with Gasteiger partial charge in [0.25, 0.3) is 5.24 Å². The number of anilines is 7. The number of likely N-dealkylation sites (N-methyl/N-ethyl adjacent to an activating group) is 1. The number of carbonyl (C=O) groups is 5. The minimum atomic E-state index is -3.23. The lowest BCUT2D eigenvalue weighted by Gasteiger charge is -2.36. The van der Waals surface area contributed by atoms with E-state index in [0.717, 1.165) is 102 Å². The number of thioether (sulfide) groups is 1. The summed E-state index contributed by atoms with van der Waals surface area (Å²) >= 11 is 32.8. The number of cyclic esters (lactones) is 1. The number of hydrogen-bond acceptors (Lipinski definition) is 17. The van der Waals surface area contributed by atoms with Gasteiger partial charge in [0.1, 0.15) is 12.4 Å². The Balaban J connectivity index is 0.000000154. The number of halogens is 5. The molecule has 5 heterocycles. The number of nitrogens with zero attached hydrogens (tertiary/aromatic N) is 5. The summed E-state index contributed by atoms with van der Waals surface area (Å²) in [7, 11) is 5.30. The number of aromatic nitrogens is 1. The van der Waals surface area contributed by atoms with Gasteiger partial charge in [-0.15, -0.1) is 0 Å². The molecule has 10 aromatic carbocycles. The summed E-state index contributed by atoms with van der Waals surface area (Å²) in [4.78, 5) is 73.4. The Morgan fingerprint density at radius 3 is 1.89 bits per heavy atom. The van der Waals surface area contributed by atoms with Crippen molar-refractivity contribution in [2.75, 3.05) is 87.7 Å². The molecule has 0 saturated carbocycles. The number of carboxylic acid groups (broad SMARTS) is 1. The van der Waals surface area contributed by atoms with E-state index < -0.39 is 15.8 Å². The molecule has 2 unspecified atom stereocenters.